The molecule has 0 atom stereocenters. The van der Waals surface area contributed by atoms with E-state index in [4.69, 9.17) is 4.42 Å². The summed E-state index contributed by atoms with van der Waals surface area (Å²) >= 11 is 0. The summed E-state index contributed by atoms with van der Waals surface area (Å²) in [5.41, 5.74) is 0.867. The molecule has 0 unspecified atom stereocenters. The minimum absolute atomic E-state index is 0.0850. The van der Waals surface area contributed by atoms with E-state index >= 15 is 0 Å². The fourth-order valence-corrected chi connectivity index (χ4v) is 6.57. The van der Waals surface area contributed by atoms with E-state index in [1.54, 1.807) is 12.1 Å². The zero-order valence-corrected chi connectivity index (χ0v) is 21.2. The average molecular weight is 493 g/mol. The summed E-state index contributed by atoms with van der Waals surface area (Å²) in [7, 11) is -3.70. The molecule has 188 valence electrons. The molecule has 0 spiro atoms. The van der Waals surface area contributed by atoms with Gasteiger partial charge in [0.25, 0.3) is 0 Å². The predicted octanol–water partition coefficient (Wildman–Crippen LogP) is 2.52. The first-order valence-corrected chi connectivity index (χ1v) is 13.8. The first-order valence-electron chi connectivity index (χ1n) is 12.4. The Hall–Kier alpha value is -2.17. The van der Waals surface area contributed by atoms with Gasteiger partial charge in [-0.15, -0.1) is 0 Å². The van der Waals surface area contributed by atoms with Gasteiger partial charge in [-0.05, 0) is 57.7 Å². The summed E-state index contributed by atoms with van der Waals surface area (Å²) < 4.78 is 34.8. The van der Waals surface area contributed by atoms with Crippen molar-refractivity contribution >= 4 is 27.0 Å². The smallest absolute Gasteiger partial charge is 0.408 e. The highest BCUT2D eigenvalue weighted by atomic mass is 32.2. The third-order valence-electron chi connectivity index (χ3n) is 7.04. The second-order valence-corrected chi connectivity index (χ2v) is 11.7. The third kappa shape index (κ3) is 5.08. The number of sulfonamides is 1. The molecule has 2 aliphatic rings. The van der Waals surface area contributed by atoms with Gasteiger partial charge < -0.3 is 9.32 Å². The molecule has 3 heterocycles. The number of piperazine rings is 1. The molecule has 0 bridgehead atoms. The van der Waals surface area contributed by atoms with E-state index in [1.165, 1.54) is 14.9 Å². The number of piperidine rings is 1. The van der Waals surface area contributed by atoms with Crippen LogP contribution in [0.3, 0.4) is 0 Å². The molecule has 2 saturated heterocycles. The summed E-state index contributed by atoms with van der Waals surface area (Å²) in [6.07, 6.45) is 2.95. The summed E-state index contributed by atoms with van der Waals surface area (Å²) in [5.74, 6) is -0.0994. The summed E-state index contributed by atoms with van der Waals surface area (Å²) in [6, 6.07) is 4.54. The zero-order valence-electron chi connectivity index (χ0n) is 20.4. The van der Waals surface area contributed by atoms with Gasteiger partial charge in [0.15, 0.2) is 5.58 Å². The van der Waals surface area contributed by atoms with Crippen molar-refractivity contribution in [1.82, 2.24) is 18.7 Å². The number of rotatable bonds is 7. The monoisotopic (exact) mass is 492 g/mol. The Morgan fingerprint density at radius 1 is 1.09 bits per heavy atom. The van der Waals surface area contributed by atoms with Crippen LogP contribution in [0.25, 0.3) is 11.1 Å². The number of fused-ring (bicyclic) bond motifs is 1. The molecule has 1 amide bonds. The number of hydrogen-bond acceptors (Lipinski definition) is 6. The van der Waals surface area contributed by atoms with Gasteiger partial charge in [-0.2, -0.15) is 4.31 Å². The molecule has 10 heteroatoms. The van der Waals surface area contributed by atoms with E-state index in [0.29, 0.717) is 37.9 Å². The molecule has 0 aliphatic carbocycles. The lowest BCUT2D eigenvalue weighted by molar-refractivity contribution is -0.134. The number of oxazole rings is 1. The minimum atomic E-state index is -3.70. The van der Waals surface area contributed by atoms with Crippen molar-refractivity contribution in [3.05, 3.63) is 28.7 Å². The Bertz CT molecular complexity index is 1170. The summed E-state index contributed by atoms with van der Waals surface area (Å²) in [6.45, 7) is 11.2. The van der Waals surface area contributed by atoms with Gasteiger partial charge in [0.1, 0.15) is 0 Å². The molecule has 0 saturated carbocycles. The molecular formula is C24H36N4O5S. The van der Waals surface area contributed by atoms with Gasteiger partial charge in [0, 0.05) is 57.8 Å². The average Bonchev–Trinajstić information content (AvgIpc) is 3.15. The van der Waals surface area contributed by atoms with Crippen molar-refractivity contribution in [3.8, 4) is 0 Å². The van der Waals surface area contributed by atoms with Crippen LogP contribution in [0.4, 0.5) is 0 Å². The van der Waals surface area contributed by atoms with E-state index in [2.05, 4.69) is 11.8 Å². The van der Waals surface area contributed by atoms with E-state index in [-0.39, 0.29) is 28.3 Å². The molecule has 2 aliphatic heterocycles. The maximum absolute atomic E-state index is 13.2. The number of benzene rings is 1. The standard InChI is InChI=1S/C24H36N4O5S/c1-4-9-25-12-14-26(15-13-25)23(29)16-19-7-10-27(11-8-19)34(31,32)20-5-6-21-22(17-20)33-24(30)28(21)18(2)3/h5-6,17-19H,4,7-16H2,1-3H3. The summed E-state index contributed by atoms with van der Waals surface area (Å²) in [5, 5.41) is 0. The van der Waals surface area contributed by atoms with E-state index in [9.17, 15) is 18.0 Å². The molecule has 34 heavy (non-hydrogen) atoms. The van der Waals surface area contributed by atoms with Crippen LogP contribution in [-0.2, 0) is 14.8 Å². The SMILES string of the molecule is CCCN1CCN(C(=O)CC2CCN(S(=O)(=O)c3ccc4c(c3)oc(=O)n4C(C)C)CC2)CC1. The van der Waals surface area contributed by atoms with Crippen molar-refractivity contribution in [1.29, 1.82) is 0 Å². The van der Waals surface area contributed by atoms with Gasteiger partial charge in [0.05, 0.1) is 10.4 Å². The van der Waals surface area contributed by atoms with E-state index < -0.39 is 15.8 Å². The van der Waals surface area contributed by atoms with Crippen LogP contribution in [0.5, 0.6) is 0 Å². The molecule has 2 aromatic rings. The fourth-order valence-electron chi connectivity index (χ4n) is 5.08. The molecular weight excluding hydrogens is 456 g/mol. The van der Waals surface area contributed by atoms with Crippen molar-refractivity contribution in [2.75, 3.05) is 45.8 Å². The Morgan fingerprint density at radius 3 is 2.38 bits per heavy atom. The summed E-state index contributed by atoms with van der Waals surface area (Å²) in [4.78, 5) is 29.4. The van der Waals surface area contributed by atoms with Crippen LogP contribution >= 0.6 is 0 Å². The molecule has 4 rings (SSSR count). The van der Waals surface area contributed by atoms with Gasteiger partial charge in [0.2, 0.25) is 15.9 Å². The number of nitrogens with zero attached hydrogens (tertiary/aromatic N) is 4. The number of carbonyl (C=O) groups excluding carboxylic acids is 1. The van der Waals surface area contributed by atoms with Crippen LogP contribution in [-0.4, -0.2) is 78.8 Å². The minimum Gasteiger partial charge on any atom is -0.408 e. The molecule has 1 aromatic carbocycles. The largest absolute Gasteiger partial charge is 0.420 e. The van der Waals surface area contributed by atoms with Crippen LogP contribution in [0.15, 0.2) is 32.3 Å². The molecule has 0 radical (unpaired) electrons. The van der Waals surface area contributed by atoms with Gasteiger partial charge in [-0.25, -0.2) is 13.2 Å². The lowest BCUT2D eigenvalue weighted by Crippen LogP contribution is -2.49. The highest BCUT2D eigenvalue weighted by Crippen LogP contribution is 2.28. The van der Waals surface area contributed by atoms with Crippen molar-refractivity contribution < 1.29 is 17.6 Å². The Morgan fingerprint density at radius 2 is 1.76 bits per heavy atom. The number of carbonyl (C=O) groups is 1. The van der Waals surface area contributed by atoms with Gasteiger partial charge in [-0.3, -0.25) is 14.3 Å². The maximum atomic E-state index is 13.2. The quantitative estimate of drug-likeness (QED) is 0.589. The molecule has 1 aromatic heterocycles. The lowest BCUT2D eigenvalue weighted by atomic mass is 9.94. The van der Waals surface area contributed by atoms with E-state index in [0.717, 1.165) is 39.1 Å². The zero-order chi connectivity index (χ0) is 24.5. The topological polar surface area (TPSA) is 96.1 Å². The molecule has 2 fully saturated rings. The Labute approximate surface area is 201 Å². The van der Waals surface area contributed by atoms with Gasteiger partial charge >= 0.3 is 5.76 Å². The fraction of sp³-hybridized carbons (Fsp3) is 0.667. The number of hydrogen-bond donors (Lipinski definition) is 0. The van der Waals surface area contributed by atoms with Crippen LogP contribution < -0.4 is 5.76 Å². The Balaban J connectivity index is 1.35. The lowest BCUT2D eigenvalue weighted by Gasteiger charge is -2.36. The second-order valence-electron chi connectivity index (χ2n) is 9.74. The predicted molar refractivity (Wildman–Crippen MR) is 130 cm³/mol. The first kappa shape index (κ1) is 24.9. The third-order valence-corrected chi connectivity index (χ3v) is 8.94. The van der Waals surface area contributed by atoms with Crippen LogP contribution in [0.2, 0.25) is 0 Å². The molecule has 0 N–H and O–H groups in total. The van der Waals surface area contributed by atoms with Crippen molar-refractivity contribution in [2.24, 2.45) is 5.92 Å². The number of aromatic nitrogens is 1. The van der Waals surface area contributed by atoms with Gasteiger partial charge in [-0.1, -0.05) is 6.92 Å². The van der Waals surface area contributed by atoms with Crippen molar-refractivity contribution in [3.63, 3.8) is 0 Å². The van der Waals surface area contributed by atoms with Crippen molar-refractivity contribution in [2.45, 2.75) is 57.4 Å². The highest BCUT2D eigenvalue weighted by Gasteiger charge is 2.32. The highest BCUT2D eigenvalue weighted by molar-refractivity contribution is 7.89. The van der Waals surface area contributed by atoms with Crippen LogP contribution in [0, 0.1) is 5.92 Å². The first-order chi connectivity index (χ1) is 16.2. The Kier molecular flexibility index (Phi) is 7.49. The number of amides is 1. The molecule has 9 nitrogen and oxygen atoms in total. The van der Waals surface area contributed by atoms with E-state index in [1.807, 2.05) is 18.7 Å². The second kappa shape index (κ2) is 10.2. The normalized spacial score (nSPS) is 19.4. The van der Waals surface area contributed by atoms with Crippen LogP contribution in [0.1, 0.15) is 52.5 Å². The maximum Gasteiger partial charge on any atom is 0.420 e.